The SMILES string of the molecule is CCc1nn(C)cc1CNCCCc1ncn[nH]1. The molecule has 0 aliphatic heterocycles. The lowest BCUT2D eigenvalue weighted by molar-refractivity contribution is 0.637. The normalized spacial score (nSPS) is 11.0. The summed E-state index contributed by atoms with van der Waals surface area (Å²) in [4.78, 5) is 4.09. The number of aryl methyl sites for hydroxylation is 3. The monoisotopic (exact) mass is 248 g/mol. The number of rotatable bonds is 7. The van der Waals surface area contributed by atoms with Gasteiger partial charge >= 0.3 is 0 Å². The van der Waals surface area contributed by atoms with E-state index in [1.807, 2.05) is 11.7 Å². The Balaban J connectivity index is 1.68. The van der Waals surface area contributed by atoms with E-state index in [9.17, 15) is 0 Å². The number of aromatic nitrogens is 5. The fourth-order valence-electron chi connectivity index (χ4n) is 1.98. The Kier molecular flexibility index (Phi) is 4.46. The third-order valence-electron chi connectivity index (χ3n) is 2.87. The average molecular weight is 248 g/mol. The second-order valence-corrected chi connectivity index (χ2v) is 4.34. The minimum Gasteiger partial charge on any atom is -0.313 e. The molecule has 0 unspecified atom stereocenters. The minimum absolute atomic E-state index is 0.882. The van der Waals surface area contributed by atoms with Crippen LogP contribution >= 0.6 is 0 Å². The highest BCUT2D eigenvalue weighted by Gasteiger charge is 2.04. The smallest absolute Gasteiger partial charge is 0.137 e. The van der Waals surface area contributed by atoms with Gasteiger partial charge in [-0.25, -0.2) is 4.98 Å². The van der Waals surface area contributed by atoms with Crippen molar-refractivity contribution in [2.75, 3.05) is 6.54 Å². The standard InChI is InChI=1S/C12H20N6/c1-3-11-10(8-18(2)17-11)7-13-6-4-5-12-14-9-15-16-12/h8-9,13H,3-7H2,1-2H3,(H,14,15,16). The van der Waals surface area contributed by atoms with Crippen LogP contribution in [0.4, 0.5) is 0 Å². The van der Waals surface area contributed by atoms with E-state index in [0.29, 0.717) is 0 Å². The van der Waals surface area contributed by atoms with E-state index < -0.39 is 0 Å². The largest absolute Gasteiger partial charge is 0.313 e. The van der Waals surface area contributed by atoms with E-state index in [-0.39, 0.29) is 0 Å². The molecule has 6 nitrogen and oxygen atoms in total. The predicted octanol–water partition coefficient (Wildman–Crippen LogP) is 0.823. The van der Waals surface area contributed by atoms with Gasteiger partial charge in [0.05, 0.1) is 5.69 Å². The summed E-state index contributed by atoms with van der Waals surface area (Å²) >= 11 is 0. The first-order chi connectivity index (χ1) is 8.79. The van der Waals surface area contributed by atoms with Gasteiger partial charge in [0.2, 0.25) is 0 Å². The quantitative estimate of drug-likeness (QED) is 0.712. The molecule has 0 bridgehead atoms. The lowest BCUT2D eigenvalue weighted by atomic mass is 10.2. The van der Waals surface area contributed by atoms with Gasteiger partial charge < -0.3 is 5.32 Å². The third kappa shape index (κ3) is 3.40. The first kappa shape index (κ1) is 12.8. The topological polar surface area (TPSA) is 71.4 Å². The molecule has 0 radical (unpaired) electrons. The summed E-state index contributed by atoms with van der Waals surface area (Å²) in [5.41, 5.74) is 2.47. The Hall–Kier alpha value is -1.69. The molecular formula is C12H20N6. The van der Waals surface area contributed by atoms with Crippen molar-refractivity contribution in [3.63, 3.8) is 0 Å². The zero-order valence-electron chi connectivity index (χ0n) is 11.0. The maximum atomic E-state index is 4.42. The van der Waals surface area contributed by atoms with Crippen molar-refractivity contribution in [3.05, 3.63) is 29.6 Å². The van der Waals surface area contributed by atoms with Crippen LogP contribution in [0.3, 0.4) is 0 Å². The Morgan fingerprint density at radius 2 is 2.33 bits per heavy atom. The Morgan fingerprint density at radius 1 is 1.44 bits per heavy atom. The van der Waals surface area contributed by atoms with E-state index in [1.165, 1.54) is 11.3 Å². The van der Waals surface area contributed by atoms with Gasteiger partial charge in [0.25, 0.3) is 0 Å². The third-order valence-corrected chi connectivity index (χ3v) is 2.87. The zero-order valence-corrected chi connectivity index (χ0v) is 11.0. The molecule has 0 saturated heterocycles. The van der Waals surface area contributed by atoms with Gasteiger partial charge in [-0.15, -0.1) is 0 Å². The van der Waals surface area contributed by atoms with Gasteiger partial charge in [0.1, 0.15) is 12.2 Å². The minimum atomic E-state index is 0.882. The van der Waals surface area contributed by atoms with Gasteiger partial charge in [0, 0.05) is 31.8 Å². The van der Waals surface area contributed by atoms with Crippen molar-refractivity contribution in [1.29, 1.82) is 0 Å². The first-order valence-corrected chi connectivity index (χ1v) is 6.36. The molecule has 98 valence electrons. The summed E-state index contributed by atoms with van der Waals surface area (Å²) in [5.74, 6) is 0.951. The van der Waals surface area contributed by atoms with Crippen LogP contribution < -0.4 is 5.32 Å². The van der Waals surface area contributed by atoms with E-state index in [2.05, 4.69) is 38.7 Å². The van der Waals surface area contributed by atoms with Crippen LogP contribution in [0, 0.1) is 0 Å². The molecule has 18 heavy (non-hydrogen) atoms. The molecule has 0 aliphatic carbocycles. The molecule has 0 saturated carbocycles. The predicted molar refractivity (Wildman–Crippen MR) is 69.0 cm³/mol. The molecule has 2 rings (SSSR count). The molecule has 0 atom stereocenters. The van der Waals surface area contributed by atoms with Crippen LogP contribution in [0.15, 0.2) is 12.5 Å². The van der Waals surface area contributed by atoms with Gasteiger partial charge in [-0.1, -0.05) is 6.92 Å². The highest BCUT2D eigenvalue weighted by Crippen LogP contribution is 2.06. The highest BCUT2D eigenvalue weighted by atomic mass is 15.3. The summed E-state index contributed by atoms with van der Waals surface area (Å²) in [6.07, 6.45) is 6.60. The van der Waals surface area contributed by atoms with Crippen LogP contribution in [0.5, 0.6) is 0 Å². The second-order valence-electron chi connectivity index (χ2n) is 4.34. The molecule has 0 spiro atoms. The molecular weight excluding hydrogens is 228 g/mol. The van der Waals surface area contributed by atoms with E-state index in [1.54, 1.807) is 6.33 Å². The van der Waals surface area contributed by atoms with Crippen LogP contribution in [-0.4, -0.2) is 31.5 Å². The lowest BCUT2D eigenvalue weighted by Gasteiger charge is -2.03. The molecule has 0 aliphatic rings. The van der Waals surface area contributed by atoms with E-state index >= 15 is 0 Å². The Labute approximate surface area is 107 Å². The van der Waals surface area contributed by atoms with Gasteiger partial charge in [-0.3, -0.25) is 9.78 Å². The van der Waals surface area contributed by atoms with Crippen molar-refractivity contribution in [2.45, 2.75) is 32.7 Å². The molecule has 0 aromatic carbocycles. The van der Waals surface area contributed by atoms with Crippen molar-refractivity contribution in [2.24, 2.45) is 7.05 Å². The van der Waals surface area contributed by atoms with E-state index in [4.69, 9.17) is 0 Å². The Bertz CT molecular complexity index is 459. The number of hydrogen-bond acceptors (Lipinski definition) is 4. The van der Waals surface area contributed by atoms with Gasteiger partial charge in [-0.2, -0.15) is 10.2 Å². The number of hydrogen-bond donors (Lipinski definition) is 2. The molecule has 0 fully saturated rings. The summed E-state index contributed by atoms with van der Waals surface area (Å²) in [7, 11) is 1.96. The zero-order chi connectivity index (χ0) is 12.8. The molecule has 2 heterocycles. The molecule has 6 heteroatoms. The van der Waals surface area contributed by atoms with Crippen molar-refractivity contribution in [3.8, 4) is 0 Å². The molecule has 2 aromatic heterocycles. The fourth-order valence-corrected chi connectivity index (χ4v) is 1.98. The summed E-state index contributed by atoms with van der Waals surface area (Å²) in [6.45, 7) is 3.99. The maximum absolute atomic E-state index is 4.42. The van der Waals surface area contributed by atoms with Crippen LogP contribution in [0.25, 0.3) is 0 Å². The first-order valence-electron chi connectivity index (χ1n) is 6.36. The number of nitrogens with zero attached hydrogens (tertiary/aromatic N) is 4. The summed E-state index contributed by atoms with van der Waals surface area (Å²) in [5, 5.41) is 14.6. The van der Waals surface area contributed by atoms with Gasteiger partial charge in [-0.05, 0) is 19.4 Å². The maximum Gasteiger partial charge on any atom is 0.137 e. The lowest BCUT2D eigenvalue weighted by Crippen LogP contribution is -2.16. The second kappa shape index (κ2) is 6.30. The van der Waals surface area contributed by atoms with Crippen LogP contribution in [0.1, 0.15) is 30.4 Å². The summed E-state index contributed by atoms with van der Waals surface area (Å²) < 4.78 is 1.88. The van der Waals surface area contributed by atoms with Crippen molar-refractivity contribution in [1.82, 2.24) is 30.3 Å². The van der Waals surface area contributed by atoms with E-state index in [0.717, 1.165) is 38.2 Å². The molecule has 0 amide bonds. The van der Waals surface area contributed by atoms with Crippen molar-refractivity contribution < 1.29 is 0 Å². The van der Waals surface area contributed by atoms with Crippen molar-refractivity contribution >= 4 is 0 Å². The summed E-state index contributed by atoms with van der Waals surface area (Å²) in [6, 6.07) is 0. The van der Waals surface area contributed by atoms with Crippen LogP contribution in [0.2, 0.25) is 0 Å². The highest BCUT2D eigenvalue weighted by molar-refractivity contribution is 5.16. The number of nitrogens with one attached hydrogen (secondary N) is 2. The Morgan fingerprint density at radius 3 is 3.06 bits per heavy atom. The number of H-pyrrole nitrogens is 1. The molecule has 2 aromatic rings. The van der Waals surface area contributed by atoms with Crippen LogP contribution in [-0.2, 0) is 26.4 Å². The fraction of sp³-hybridized carbons (Fsp3) is 0.583. The van der Waals surface area contributed by atoms with Gasteiger partial charge in [0.15, 0.2) is 0 Å². The average Bonchev–Trinajstić information content (AvgIpc) is 2.98. The number of aromatic amines is 1. The molecule has 2 N–H and O–H groups in total.